The molecule has 7 nitrogen and oxygen atoms in total. The summed E-state index contributed by atoms with van der Waals surface area (Å²) in [6.45, 7) is 2.68. The fourth-order valence-electron chi connectivity index (χ4n) is 3.93. The summed E-state index contributed by atoms with van der Waals surface area (Å²) >= 11 is 0. The highest BCUT2D eigenvalue weighted by Gasteiger charge is 2.26. The first kappa shape index (κ1) is 23.9. The minimum Gasteiger partial charge on any atom is -0.457 e. The van der Waals surface area contributed by atoms with Gasteiger partial charge in [-0.05, 0) is 36.1 Å². The number of nitro groups is 1. The van der Waals surface area contributed by atoms with Crippen LogP contribution in [0.3, 0.4) is 0 Å². The zero-order chi connectivity index (χ0) is 24.6. The van der Waals surface area contributed by atoms with E-state index < -0.39 is 10.9 Å². The number of carbonyl (C=O) groups is 1. The monoisotopic (exact) mass is 469 g/mol. The van der Waals surface area contributed by atoms with Crippen LogP contribution in [0.1, 0.15) is 46.9 Å². The van der Waals surface area contributed by atoms with Crippen LogP contribution in [0.5, 0.6) is 0 Å². The zero-order valence-electron chi connectivity index (χ0n) is 19.6. The summed E-state index contributed by atoms with van der Waals surface area (Å²) < 4.78 is 7.61. The SMILES string of the molecule is CCCCc1c(C(=O)OCc2ccc([N+](=O)[O-])cc2)c(-c2ccccc2)nn1Cc1ccccc1. The van der Waals surface area contributed by atoms with E-state index in [1.807, 2.05) is 65.3 Å². The number of nitro benzene ring substituents is 1. The second-order valence-electron chi connectivity index (χ2n) is 8.28. The van der Waals surface area contributed by atoms with Gasteiger partial charge in [0, 0.05) is 17.7 Å². The molecule has 0 spiro atoms. The third kappa shape index (κ3) is 5.81. The first-order chi connectivity index (χ1) is 17.1. The van der Waals surface area contributed by atoms with Gasteiger partial charge in [0.05, 0.1) is 17.2 Å². The Morgan fingerprint density at radius 3 is 2.23 bits per heavy atom. The molecule has 0 aliphatic heterocycles. The van der Waals surface area contributed by atoms with Gasteiger partial charge in [-0.25, -0.2) is 4.79 Å². The van der Waals surface area contributed by atoms with Crippen LogP contribution in [0.2, 0.25) is 0 Å². The molecule has 0 bridgehead atoms. The summed E-state index contributed by atoms with van der Waals surface area (Å²) in [5.74, 6) is -0.451. The quantitative estimate of drug-likeness (QED) is 0.157. The molecule has 0 aliphatic rings. The normalized spacial score (nSPS) is 10.8. The summed E-state index contributed by atoms with van der Waals surface area (Å²) in [6.07, 6.45) is 2.59. The Morgan fingerprint density at radius 2 is 1.60 bits per heavy atom. The van der Waals surface area contributed by atoms with Crippen LogP contribution in [-0.4, -0.2) is 20.7 Å². The standard InChI is InChI=1S/C28H27N3O4/c1-2-3-14-25-26(28(32)35-20-22-15-17-24(18-16-22)31(33)34)27(23-12-8-5-9-13-23)29-30(25)19-21-10-6-4-7-11-21/h4-13,15-18H,2-3,14,19-20H2,1H3. The number of hydrogen-bond acceptors (Lipinski definition) is 5. The van der Waals surface area contributed by atoms with E-state index in [1.165, 1.54) is 12.1 Å². The van der Waals surface area contributed by atoms with Crippen molar-refractivity contribution in [2.45, 2.75) is 39.3 Å². The first-order valence-electron chi connectivity index (χ1n) is 11.7. The zero-order valence-corrected chi connectivity index (χ0v) is 19.6. The lowest BCUT2D eigenvalue weighted by atomic mass is 10.0. The number of hydrogen-bond donors (Lipinski definition) is 0. The first-order valence-corrected chi connectivity index (χ1v) is 11.7. The van der Waals surface area contributed by atoms with Gasteiger partial charge in [-0.2, -0.15) is 5.10 Å². The number of esters is 1. The molecule has 0 atom stereocenters. The van der Waals surface area contributed by atoms with E-state index in [-0.39, 0.29) is 12.3 Å². The third-order valence-electron chi connectivity index (χ3n) is 5.77. The van der Waals surface area contributed by atoms with Gasteiger partial charge in [-0.1, -0.05) is 74.0 Å². The number of ether oxygens (including phenoxy) is 1. The van der Waals surface area contributed by atoms with E-state index >= 15 is 0 Å². The molecule has 35 heavy (non-hydrogen) atoms. The minimum atomic E-state index is -0.455. The molecule has 1 aromatic heterocycles. The van der Waals surface area contributed by atoms with Crippen LogP contribution < -0.4 is 0 Å². The lowest BCUT2D eigenvalue weighted by molar-refractivity contribution is -0.384. The predicted octanol–water partition coefficient (Wildman–Crippen LogP) is 6.21. The summed E-state index contributed by atoms with van der Waals surface area (Å²) in [7, 11) is 0. The molecule has 0 saturated carbocycles. The van der Waals surface area contributed by atoms with Crippen LogP contribution in [0.15, 0.2) is 84.9 Å². The van der Waals surface area contributed by atoms with Crippen molar-refractivity contribution in [3.05, 3.63) is 117 Å². The number of benzene rings is 3. The molecule has 0 amide bonds. The van der Waals surface area contributed by atoms with E-state index in [2.05, 4.69) is 6.92 Å². The van der Waals surface area contributed by atoms with Crippen molar-refractivity contribution >= 4 is 11.7 Å². The molecule has 0 aliphatic carbocycles. The van der Waals surface area contributed by atoms with Gasteiger partial charge in [0.1, 0.15) is 17.9 Å². The van der Waals surface area contributed by atoms with Crippen molar-refractivity contribution in [2.75, 3.05) is 0 Å². The fraction of sp³-hybridized carbons (Fsp3) is 0.214. The predicted molar refractivity (Wildman–Crippen MR) is 134 cm³/mol. The molecular formula is C28H27N3O4. The van der Waals surface area contributed by atoms with Gasteiger partial charge < -0.3 is 4.74 Å². The van der Waals surface area contributed by atoms with E-state index in [0.29, 0.717) is 29.8 Å². The Bertz CT molecular complexity index is 1280. The number of non-ortho nitro benzene ring substituents is 1. The highest BCUT2D eigenvalue weighted by molar-refractivity contribution is 5.97. The third-order valence-corrected chi connectivity index (χ3v) is 5.77. The molecule has 0 saturated heterocycles. The highest BCUT2D eigenvalue weighted by atomic mass is 16.6. The van der Waals surface area contributed by atoms with Gasteiger partial charge in [0.2, 0.25) is 0 Å². The maximum Gasteiger partial charge on any atom is 0.342 e. The van der Waals surface area contributed by atoms with Crippen molar-refractivity contribution in [3.63, 3.8) is 0 Å². The summed E-state index contributed by atoms with van der Waals surface area (Å²) in [4.78, 5) is 23.9. The molecule has 1 heterocycles. The lowest BCUT2D eigenvalue weighted by Crippen LogP contribution is -2.12. The van der Waals surface area contributed by atoms with E-state index in [0.717, 1.165) is 29.7 Å². The average Bonchev–Trinajstić information content (AvgIpc) is 3.25. The van der Waals surface area contributed by atoms with Crippen LogP contribution >= 0.6 is 0 Å². The van der Waals surface area contributed by atoms with Crippen molar-refractivity contribution in [3.8, 4) is 11.3 Å². The van der Waals surface area contributed by atoms with Crippen LogP contribution in [-0.2, 0) is 24.3 Å². The van der Waals surface area contributed by atoms with Gasteiger partial charge >= 0.3 is 5.97 Å². The Hall–Kier alpha value is -4.26. The Labute approximate surface area is 204 Å². The molecule has 178 valence electrons. The Balaban J connectivity index is 1.69. The van der Waals surface area contributed by atoms with Crippen LogP contribution in [0, 0.1) is 10.1 Å². The molecule has 0 N–H and O–H groups in total. The molecular weight excluding hydrogens is 442 g/mol. The smallest absolute Gasteiger partial charge is 0.342 e. The van der Waals surface area contributed by atoms with Gasteiger partial charge in [-0.3, -0.25) is 14.8 Å². The fourth-order valence-corrected chi connectivity index (χ4v) is 3.93. The number of nitrogens with zero attached hydrogens (tertiary/aromatic N) is 3. The number of carbonyl (C=O) groups excluding carboxylic acids is 1. The molecule has 7 heteroatoms. The second kappa shape index (κ2) is 11.2. The minimum absolute atomic E-state index is 0.00418. The van der Waals surface area contributed by atoms with Gasteiger partial charge in [0.25, 0.3) is 5.69 Å². The lowest BCUT2D eigenvalue weighted by Gasteiger charge is -2.10. The maximum absolute atomic E-state index is 13.5. The molecule has 0 radical (unpaired) electrons. The van der Waals surface area contributed by atoms with E-state index in [1.54, 1.807) is 12.1 Å². The summed E-state index contributed by atoms with van der Waals surface area (Å²) in [6, 6.07) is 25.7. The largest absolute Gasteiger partial charge is 0.457 e. The summed E-state index contributed by atoms with van der Waals surface area (Å²) in [5.41, 5.74) is 4.54. The molecule has 0 unspecified atom stereocenters. The topological polar surface area (TPSA) is 87.3 Å². The van der Waals surface area contributed by atoms with Gasteiger partial charge in [0.15, 0.2) is 0 Å². The highest BCUT2D eigenvalue weighted by Crippen LogP contribution is 2.28. The molecule has 4 aromatic rings. The maximum atomic E-state index is 13.5. The van der Waals surface area contributed by atoms with Crippen molar-refractivity contribution in [2.24, 2.45) is 0 Å². The van der Waals surface area contributed by atoms with Crippen molar-refractivity contribution in [1.29, 1.82) is 0 Å². The summed E-state index contributed by atoms with van der Waals surface area (Å²) in [5, 5.41) is 15.8. The average molecular weight is 470 g/mol. The second-order valence-corrected chi connectivity index (χ2v) is 8.28. The number of unbranched alkanes of at least 4 members (excludes halogenated alkanes) is 1. The van der Waals surface area contributed by atoms with E-state index in [9.17, 15) is 14.9 Å². The van der Waals surface area contributed by atoms with Crippen LogP contribution in [0.25, 0.3) is 11.3 Å². The number of aromatic nitrogens is 2. The van der Waals surface area contributed by atoms with Crippen molar-refractivity contribution < 1.29 is 14.5 Å². The number of rotatable bonds is 10. The molecule has 4 rings (SSSR count). The Kier molecular flexibility index (Phi) is 7.67. The Morgan fingerprint density at radius 1 is 0.943 bits per heavy atom. The van der Waals surface area contributed by atoms with Crippen molar-refractivity contribution in [1.82, 2.24) is 9.78 Å². The van der Waals surface area contributed by atoms with Gasteiger partial charge in [-0.15, -0.1) is 0 Å². The van der Waals surface area contributed by atoms with Crippen LogP contribution in [0.4, 0.5) is 5.69 Å². The van der Waals surface area contributed by atoms with E-state index in [4.69, 9.17) is 9.84 Å². The molecule has 3 aromatic carbocycles. The molecule has 0 fully saturated rings.